The van der Waals surface area contributed by atoms with Crippen LogP contribution in [0, 0.1) is 22.0 Å². The fourth-order valence-electron chi connectivity index (χ4n) is 6.34. The van der Waals surface area contributed by atoms with Crippen molar-refractivity contribution in [1.82, 2.24) is 4.90 Å². The first-order valence-electron chi connectivity index (χ1n) is 12.5. The molecular weight excluding hydrogens is 502 g/mol. The van der Waals surface area contributed by atoms with Gasteiger partial charge in [-0.2, -0.15) is 0 Å². The molecule has 3 amide bonds. The molecule has 1 fully saturated rings. The molecule has 7 rings (SSSR count). The van der Waals surface area contributed by atoms with E-state index in [0.29, 0.717) is 0 Å². The van der Waals surface area contributed by atoms with E-state index in [1.807, 2.05) is 48.5 Å². The maximum absolute atomic E-state index is 13.7. The van der Waals surface area contributed by atoms with Crippen molar-refractivity contribution < 1.29 is 28.8 Å². The number of benzene rings is 3. The average molecular weight is 526 g/mol. The number of amides is 3. The van der Waals surface area contributed by atoms with Crippen molar-refractivity contribution in [2.45, 2.75) is 24.8 Å². The molecule has 3 aromatic rings. The smallest absolute Gasteiger partial charge is 0.329 e. The fraction of sp³-hybridized carbons (Fsp3) is 0.241. The lowest BCUT2D eigenvalue weighted by molar-refractivity contribution is -0.384. The number of hydrogen-bond acceptors (Lipinski definition) is 7. The summed E-state index contributed by atoms with van der Waals surface area (Å²) in [7, 11) is 0. The molecule has 3 atom stereocenters. The Kier molecular flexibility index (Phi) is 5.75. The van der Waals surface area contributed by atoms with Gasteiger partial charge < -0.3 is 10.1 Å². The predicted octanol–water partition coefficient (Wildman–Crippen LogP) is 3.36. The number of imide groups is 1. The predicted molar refractivity (Wildman–Crippen MR) is 138 cm³/mol. The lowest BCUT2D eigenvalue weighted by atomic mass is 9.55. The van der Waals surface area contributed by atoms with Crippen molar-refractivity contribution in [3.8, 4) is 0 Å². The second-order valence-electron chi connectivity index (χ2n) is 9.95. The Labute approximate surface area is 222 Å². The number of carbonyl (C=O) groups excluding carboxylic acids is 4. The number of likely N-dealkylation sites (tertiary alicyclic amines) is 1. The van der Waals surface area contributed by atoms with Gasteiger partial charge >= 0.3 is 5.97 Å². The third-order valence-corrected chi connectivity index (χ3v) is 7.90. The van der Waals surface area contributed by atoms with Gasteiger partial charge in [0.1, 0.15) is 6.04 Å². The maximum Gasteiger partial charge on any atom is 0.329 e. The number of rotatable bonds is 6. The molecule has 1 heterocycles. The highest BCUT2D eigenvalue weighted by atomic mass is 16.6. The van der Waals surface area contributed by atoms with Crippen LogP contribution in [0.2, 0.25) is 0 Å². The van der Waals surface area contributed by atoms with Gasteiger partial charge in [-0.3, -0.25) is 29.4 Å². The van der Waals surface area contributed by atoms with E-state index < -0.39 is 53.1 Å². The van der Waals surface area contributed by atoms with Gasteiger partial charge in [-0.25, -0.2) is 4.79 Å². The summed E-state index contributed by atoms with van der Waals surface area (Å²) >= 11 is 0. The van der Waals surface area contributed by atoms with E-state index in [9.17, 15) is 29.3 Å². The van der Waals surface area contributed by atoms with Crippen molar-refractivity contribution >= 4 is 35.1 Å². The first-order chi connectivity index (χ1) is 18.8. The van der Waals surface area contributed by atoms with Crippen molar-refractivity contribution in [2.24, 2.45) is 11.8 Å². The molecule has 3 aliphatic carbocycles. The van der Waals surface area contributed by atoms with Gasteiger partial charge in [0.05, 0.1) is 16.8 Å². The Balaban J connectivity index is 1.19. The Hall–Kier alpha value is -4.86. The Bertz CT molecular complexity index is 1450. The number of nitrogens with zero attached hydrogens (tertiary/aromatic N) is 2. The Morgan fingerprint density at radius 3 is 1.90 bits per heavy atom. The number of anilines is 1. The molecule has 3 aromatic carbocycles. The normalized spacial score (nSPS) is 22.9. The van der Waals surface area contributed by atoms with E-state index in [4.69, 9.17) is 4.74 Å². The van der Waals surface area contributed by atoms with Crippen LogP contribution in [0.25, 0.3) is 0 Å². The van der Waals surface area contributed by atoms with Crippen LogP contribution < -0.4 is 5.32 Å². The maximum atomic E-state index is 13.7. The highest BCUT2D eigenvalue weighted by Gasteiger charge is 2.62. The van der Waals surface area contributed by atoms with Crippen LogP contribution in [0.1, 0.15) is 41.0 Å². The number of esters is 1. The van der Waals surface area contributed by atoms with Crippen LogP contribution in [0.15, 0.2) is 72.8 Å². The lowest BCUT2D eigenvalue weighted by Crippen LogP contribution is -2.45. The molecule has 0 saturated carbocycles. The second kappa shape index (κ2) is 9.16. The van der Waals surface area contributed by atoms with Crippen LogP contribution in [0.5, 0.6) is 0 Å². The minimum Gasteiger partial charge on any atom is -0.454 e. The second-order valence-corrected chi connectivity index (χ2v) is 9.95. The van der Waals surface area contributed by atoms with E-state index in [0.717, 1.165) is 27.2 Å². The van der Waals surface area contributed by atoms with Crippen LogP contribution in [0.4, 0.5) is 11.4 Å². The summed E-state index contributed by atoms with van der Waals surface area (Å²) in [6, 6.07) is 19.8. The summed E-state index contributed by atoms with van der Waals surface area (Å²) in [6.07, 6.45) is 0. The number of nitrogens with one attached hydrogen (secondary N) is 1. The highest BCUT2D eigenvalue weighted by molar-refractivity contribution is 6.10. The zero-order valence-corrected chi connectivity index (χ0v) is 20.8. The molecule has 1 aliphatic heterocycles. The number of nitro benzene ring substituents is 1. The molecule has 196 valence electrons. The van der Waals surface area contributed by atoms with Crippen LogP contribution in [0.3, 0.4) is 0 Å². The van der Waals surface area contributed by atoms with Gasteiger partial charge in [0.15, 0.2) is 6.61 Å². The third kappa shape index (κ3) is 3.79. The van der Waals surface area contributed by atoms with Gasteiger partial charge in [0.25, 0.3) is 11.6 Å². The molecule has 1 N–H and O–H groups in total. The van der Waals surface area contributed by atoms with Crippen LogP contribution >= 0.6 is 0 Å². The Morgan fingerprint density at radius 1 is 0.897 bits per heavy atom. The molecular formula is C29H23N3O7. The Morgan fingerprint density at radius 2 is 1.41 bits per heavy atom. The molecule has 10 nitrogen and oxygen atoms in total. The van der Waals surface area contributed by atoms with E-state index in [1.165, 1.54) is 31.2 Å². The third-order valence-electron chi connectivity index (χ3n) is 7.90. The molecule has 0 aromatic heterocycles. The molecule has 4 aliphatic rings. The number of ether oxygens (including phenoxy) is 1. The van der Waals surface area contributed by atoms with E-state index >= 15 is 0 Å². The largest absolute Gasteiger partial charge is 0.454 e. The van der Waals surface area contributed by atoms with E-state index in [2.05, 4.69) is 5.32 Å². The molecule has 0 radical (unpaired) electrons. The highest BCUT2D eigenvalue weighted by Crippen LogP contribution is 2.61. The number of hydrogen-bond donors (Lipinski definition) is 1. The summed E-state index contributed by atoms with van der Waals surface area (Å²) in [5.41, 5.74) is 4.07. The molecule has 2 bridgehead atoms. The first-order valence-corrected chi connectivity index (χ1v) is 12.5. The van der Waals surface area contributed by atoms with E-state index in [1.54, 1.807) is 0 Å². The molecule has 39 heavy (non-hydrogen) atoms. The van der Waals surface area contributed by atoms with Crippen molar-refractivity contribution in [3.63, 3.8) is 0 Å². The SMILES string of the molecule is C[C@H](C(=O)OCC(=O)Nc1cccc([N+](=O)[O-])c1)N1C(=O)[C@@H]2C3c4ccccc4C(c4ccccc43)[C@H]2C1=O. The standard InChI is InChI=1S/C29H23N3O7/c1-15(29(36)39-14-22(33)30-16-7-6-8-17(13-16)32(37)38)31-27(34)25-23-18-9-2-3-10-19(18)24(26(25)28(31)35)21-12-5-4-11-20(21)23/h2-13,15,23-26H,14H2,1H3,(H,30,33)/t15-,23?,24?,25-,26-/m1/s1. The van der Waals surface area contributed by atoms with Gasteiger partial charge in [-0.05, 0) is 35.2 Å². The summed E-state index contributed by atoms with van der Waals surface area (Å²) in [4.78, 5) is 64.0. The fourth-order valence-corrected chi connectivity index (χ4v) is 6.34. The van der Waals surface area contributed by atoms with Crippen LogP contribution in [-0.4, -0.2) is 46.2 Å². The average Bonchev–Trinajstić information content (AvgIpc) is 3.21. The van der Waals surface area contributed by atoms with E-state index in [-0.39, 0.29) is 23.2 Å². The molecule has 0 unspecified atom stereocenters. The monoisotopic (exact) mass is 525 g/mol. The van der Waals surface area contributed by atoms with Gasteiger partial charge in [-0.15, -0.1) is 0 Å². The summed E-state index contributed by atoms with van der Waals surface area (Å²) < 4.78 is 5.14. The van der Waals surface area contributed by atoms with Crippen LogP contribution in [-0.2, 0) is 23.9 Å². The van der Waals surface area contributed by atoms with Crippen molar-refractivity contribution in [1.29, 1.82) is 0 Å². The first kappa shape index (κ1) is 24.5. The minimum absolute atomic E-state index is 0.168. The molecule has 10 heteroatoms. The summed E-state index contributed by atoms with van der Waals surface area (Å²) in [6.45, 7) is 0.729. The topological polar surface area (TPSA) is 136 Å². The van der Waals surface area contributed by atoms with Gasteiger partial charge in [0, 0.05) is 29.7 Å². The number of non-ortho nitro benzene ring substituents is 1. The summed E-state index contributed by atoms with van der Waals surface area (Å²) in [5, 5.41) is 13.4. The van der Waals surface area contributed by atoms with Crippen molar-refractivity contribution in [2.75, 3.05) is 11.9 Å². The van der Waals surface area contributed by atoms with Gasteiger partial charge in [0.2, 0.25) is 11.8 Å². The quantitative estimate of drug-likeness (QED) is 0.226. The number of carbonyl (C=O) groups is 4. The molecule has 1 saturated heterocycles. The van der Waals surface area contributed by atoms with Crippen molar-refractivity contribution in [3.05, 3.63) is 105 Å². The molecule has 0 spiro atoms. The zero-order chi connectivity index (χ0) is 27.4. The minimum atomic E-state index is -1.23. The zero-order valence-electron chi connectivity index (χ0n) is 20.8. The van der Waals surface area contributed by atoms with Gasteiger partial charge in [-0.1, -0.05) is 54.6 Å². The number of nitro groups is 1. The summed E-state index contributed by atoms with van der Waals surface area (Å²) in [5.74, 6) is -4.29. The lowest BCUT2D eigenvalue weighted by Gasteiger charge is -2.45.